The van der Waals surface area contributed by atoms with Crippen LogP contribution in [0.4, 0.5) is 0 Å². The van der Waals surface area contributed by atoms with Gasteiger partial charge in [0, 0.05) is 33.0 Å². The molecule has 0 aliphatic heterocycles. The number of para-hydroxylation sites is 2. The number of hydrogen-bond donors (Lipinski definition) is 0. The fourth-order valence-corrected chi connectivity index (χ4v) is 4.78. The highest BCUT2D eigenvalue weighted by atomic mass is 16.5. The summed E-state index contributed by atoms with van der Waals surface area (Å²) < 4.78 is 11.8. The van der Waals surface area contributed by atoms with Crippen LogP contribution in [-0.4, -0.2) is 24.2 Å². The van der Waals surface area contributed by atoms with Gasteiger partial charge in [-0.3, -0.25) is 0 Å². The maximum Gasteiger partial charge on any atom is 0.127 e. The summed E-state index contributed by atoms with van der Waals surface area (Å²) in [6, 6.07) is 36.7. The zero-order valence-corrected chi connectivity index (χ0v) is 20.1. The zero-order chi connectivity index (χ0) is 24.5. The van der Waals surface area contributed by atoms with Crippen molar-refractivity contribution in [2.24, 2.45) is 0 Å². The molecule has 4 heteroatoms. The van der Waals surface area contributed by atoms with Crippen molar-refractivity contribution >= 4 is 21.8 Å². The van der Waals surface area contributed by atoms with E-state index in [1.54, 1.807) is 14.2 Å². The number of benzene rings is 4. The van der Waals surface area contributed by atoms with Crippen LogP contribution in [-0.2, 0) is 0 Å². The second-order valence-electron chi connectivity index (χ2n) is 8.54. The molecule has 2 aromatic heterocycles. The maximum absolute atomic E-state index is 5.91. The van der Waals surface area contributed by atoms with Crippen molar-refractivity contribution in [3.05, 3.63) is 109 Å². The Bertz CT molecular complexity index is 1600. The van der Waals surface area contributed by atoms with Crippen LogP contribution in [0.25, 0.3) is 55.4 Å². The summed E-state index contributed by atoms with van der Waals surface area (Å²) in [6.45, 7) is 0. The fraction of sp³-hybridized carbons (Fsp3) is 0.0625. The average Bonchev–Trinajstić information content (AvgIpc) is 2.95. The molecule has 2 heterocycles. The molecule has 6 rings (SSSR count). The lowest BCUT2D eigenvalue weighted by atomic mass is 9.90. The van der Waals surface area contributed by atoms with Crippen molar-refractivity contribution in [3.8, 4) is 45.1 Å². The molecule has 0 fully saturated rings. The van der Waals surface area contributed by atoms with Crippen LogP contribution >= 0.6 is 0 Å². The van der Waals surface area contributed by atoms with Crippen LogP contribution in [0, 0.1) is 0 Å². The molecule has 4 aromatic carbocycles. The highest BCUT2D eigenvalue weighted by molar-refractivity contribution is 5.98. The smallest absolute Gasteiger partial charge is 0.127 e. The number of rotatable bonds is 5. The van der Waals surface area contributed by atoms with Gasteiger partial charge in [0.25, 0.3) is 0 Å². The Morgan fingerprint density at radius 1 is 0.444 bits per heavy atom. The number of aromatic nitrogens is 2. The van der Waals surface area contributed by atoms with Gasteiger partial charge in [-0.1, -0.05) is 72.8 Å². The van der Waals surface area contributed by atoms with Gasteiger partial charge in [0.1, 0.15) is 11.5 Å². The van der Waals surface area contributed by atoms with Gasteiger partial charge < -0.3 is 9.47 Å². The quantitative estimate of drug-likeness (QED) is 0.259. The summed E-state index contributed by atoms with van der Waals surface area (Å²) >= 11 is 0. The summed E-state index contributed by atoms with van der Waals surface area (Å²) in [5, 5.41) is 2.20. The molecular weight excluding hydrogens is 444 g/mol. The Morgan fingerprint density at radius 3 is 1.33 bits per heavy atom. The molecule has 0 saturated carbocycles. The van der Waals surface area contributed by atoms with Gasteiger partial charge in [0.2, 0.25) is 0 Å². The van der Waals surface area contributed by atoms with Crippen molar-refractivity contribution < 1.29 is 9.47 Å². The third-order valence-electron chi connectivity index (χ3n) is 6.49. The predicted molar refractivity (Wildman–Crippen MR) is 146 cm³/mol. The van der Waals surface area contributed by atoms with Gasteiger partial charge >= 0.3 is 0 Å². The molecule has 0 radical (unpaired) electrons. The minimum Gasteiger partial charge on any atom is -0.496 e. The Balaban J connectivity index is 1.65. The van der Waals surface area contributed by atoms with Gasteiger partial charge in [-0.05, 0) is 36.4 Å². The molecule has 0 spiro atoms. The summed E-state index contributed by atoms with van der Waals surface area (Å²) in [5.74, 6) is 1.49. The summed E-state index contributed by atoms with van der Waals surface area (Å²) in [6.07, 6.45) is 0. The predicted octanol–water partition coefficient (Wildman–Crippen LogP) is 7.80. The van der Waals surface area contributed by atoms with Gasteiger partial charge in [-0.2, -0.15) is 0 Å². The van der Waals surface area contributed by atoms with Crippen LogP contribution in [0.5, 0.6) is 11.5 Å². The summed E-state index contributed by atoms with van der Waals surface area (Å²) in [5.41, 5.74) is 7.39. The lowest BCUT2D eigenvalue weighted by molar-refractivity contribution is 0.410. The molecule has 174 valence electrons. The summed E-state index contributed by atoms with van der Waals surface area (Å²) in [4.78, 5) is 9.99. The highest BCUT2D eigenvalue weighted by Crippen LogP contribution is 2.47. The van der Waals surface area contributed by atoms with Crippen LogP contribution in [0.15, 0.2) is 109 Å². The number of hydrogen-bond acceptors (Lipinski definition) is 4. The standard InChI is InChI=1S/C32H24N2O2/c1-35-29-15-7-11-23(27-19-17-21-9-3-5-13-25(21)33-27)31(29)32-24(12-8-16-30(32)36-2)28-20-18-22-10-4-6-14-26(22)34-28/h3-20H,1-2H3. The second kappa shape index (κ2) is 9.16. The third kappa shape index (κ3) is 3.73. The largest absolute Gasteiger partial charge is 0.496 e. The van der Waals surface area contributed by atoms with E-state index in [2.05, 4.69) is 48.5 Å². The minimum absolute atomic E-state index is 0.744. The molecule has 0 aliphatic carbocycles. The van der Waals surface area contributed by atoms with Crippen molar-refractivity contribution in [2.75, 3.05) is 14.2 Å². The van der Waals surface area contributed by atoms with E-state index in [1.165, 1.54) is 0 Å². The van der Waals surface area contributed by atoms with Crippen LogP contribution in [0.1, 0.15) is 0 Å². The molecule has 6 aromatic rings. The molecule has 0 saturated heterocycles. The van der Waals surface area contributed by atoms with Gasteiger partial charge in [-0.25, -0.2) is 9.97 Å². The first-order chi connectivity index (χ1) is 17.8. The van der Waals surface area contributed by atoms with E-state index >= 15 is 0 Å². The summed E-state index contributed by atoms with van der Waals surface area (Å²) in [7, 11) is 3.39. The molecular formula is C32H24N2O2. The zero-order valence-electron chi connectivity index (χ0n) is 20.1. The molecule has 36 heavy (non-hydrogen) atoms. The van der Waals surface area contributed by atoms with Crippen LogP contribution in [0.2, 0.25) is 0 Å². The lowest BCUT2D eigenvalue weighted by Gasteiger charge is -2.20. The SMILES string of the molecule is COc1cccc(-c2ccc3ccccc3n2)c1-c1c(OC)cccc1-c1ccc2ccccc2n1. The topological polar surface area (TPSA) is 44.2 Å². The van der Waals surface area contributed by atoms with Crippen LogP contribution < -0.4 is 9.47 Å². The van der Waals surface area contributed by atoms with E-state index in [9.17, 15) is 0 Å². The Kier molecular flexibility index (Phi) is 5.55. The van der Waals surface area contributed by atoms with Crippen molar-refractivity contribution in [3.63, 3.8) is 0 Å². The number of ether oxygens (including phenoxy) is 2. The average molecular weight is 469 g/mol. The normalized spacial score (nSPS) is 11.1. The van der Waals surface area contributed by atoms with Crippen molar-refractivity contribution in [1.29, 1.82) is 0 Å². The first-order valence-corrected chi connectivity index (χ1v) is 11.8. The first-order valence-electron chi connectivity index (χ1n) is 11.8. The molecule has 0 atom stereocenters. The van der Waals surface area contributed by atoms with Crippen molar-refractivity contribution in [1.82, 2.24) is 9.97 Å². The van der Waals surface area contributed by atoms with E-state index in [-0.39, 0.29) is 0 Å². The van der Waals surface area contributed by atoms with Crippen LogP contribution in [0.3, 0.4) is 0 Å². The molecule has 0 bridgehead atoms. The van der Waals surface area contributed by atoms with E-state index in [0.717, 1.165) is 66.9 Å². The van der Waals surface area contributed by atoms with Gasteiger partial charge in [0.15, 0.2) is 0 Å². The lowest BCUT2D eigenvalue weighted by Crippen LogP contribution is -1.98. The fourth-order valence-electron chi connectivity index (χ4n) is 4.78. The molecule has 0 amide bonds. The molecule has 0 N–H and O–H groups in total. The first kappa shape index (κ1) is 21.8. The highest BCUT2D eigenvalue weighted by Gasteiger charge is 2.22. The Morgan fingerprint density at radius 2 is 0.889 bits per heavy atom. The number of fused-ring (bicyclic) bond motifs is 2. The monoisotopic (exact) mass is 468 g/mol. The van der Waals surface area contributed by atoms with Crippen molar-refractivity contribution in [2.45, 2.75) is 0 Å². The van der Waals surface area contributed by atoms with Gasteiger partial charge in [0.05, 0.1) is 36.6 Å². The van der Waals surface area contributed by atoms with E-state index < -0.39 is 0 Å². The van der Waals surface area contributed by atoms with E-state index in [1.807, 2.05) is 60.7 Å². The number of nitrogens with zero attached hydrogens (tertiary/aromatic N) is 2. The maximum atomic E-state index is 5.91. The van der Waals surface area contributed by atoms with E-state index in [0.29, 0.717) is 0 Å². The minimum atomic E-state index is 0.744. The Labute approximate surface area is 209 Å². The number of pyridine rings is 2. The molecule has 0 unspecified atom stereocenters. The number of methoxy groups -OCH3 is 2. The Hall–Kier alpha value is -4.70. The van der Waals surface area contributed by atoms with E-state index in [4.69, 9.17) is 19.4 Å². The van der Waals surface area contributed by atoms with Gasteiger partial charge in [-0.15, -0.1) is 0 Å². The molecule has 0 aliphatic rings. The third-order valence-corrected chi connectivity index (χ3v) is 6.49. The second-order valence-corrected chi connectivity index (χ2v) is 8.54. The molecule has 4 nitrogen and oxygen atoms in total.